The lowest BCUT2D eigenvalue weighted by molar-refractivity contribution is -0.881. The molecule has 1 heterocycles. The third-order valence-electron chi connectivity index (χ3n) is 6.26. The van der Waals surface area contributed by atoms with Crippen LogP contribution in [0, 0.1) is 5.92 Å². The SMILES string of the molecule is CCC(C)[C@H]1CNCC[N+]1(CC(N)CN)C(=O)c1cccc2ccccc12. The minimum Gasteiger partial charge on any atom is -0.329 e. The summed E-state index contributed by atoms with van der Waals surface area (Å²) >= 11 is 0. The first kappa shape index (κ1) is 20.0. The van der Waals surface area contributed by atoms with E-state index in [1.54, 1.807) is 0 Å². The van der Waals surface area contributed by atoms with Gasteiger partial charge in [0.1, 0.15) is 12.6 Å². The number of benzene rings is 2. The average molecular weight is 370 g/mol. The summed E-state index contributed by atoms with van der Waals surface area (Å²) in [5.74, 6) is 0.601. The first-order valence-corrected chi connectivity index (χ1v) is 10.1. The molecule has 1 aliphatic rings. The Labute approximate surface area is 162 Å². The molecule has 0 spiro atoms. The highest BCUT2D eigenvalue weighted by molar-refractivity contribution is 6.04. The zero-order valence-corrected chi connectivity index (χ0v) is 16.5. The van der Waals surface area contributed by atoms with Crippen LogP contribution in [0.15, 0.2) is 42.5 Å². The monoisotopic (exact) mass is 369 g/mol. The number of carbonyl (C=O) groups is 1. The Balaban J connectivity index is 2.12. The fraction of sp³-hybridized carbons (Fsp3) is 0.500. The molecule has 0 bridgehead atoms. The molecule has 0 radical (unpaired) electrons. The van der Waals surface area contributed by atoms with Gasteiger partial charge in [-0.1, -0.05) is 50.2 Å². The van der Waals surface area contributed by atoms with E-state index in [1.165, 1.54) is 0 Å². The maximum Gasteiger partial charge on any atom is 0.346 e. The van der Waals surface area contributed by atoms with E-state index >= 15 is 0 Å². The van der Waals surface area contributed by atoms with Crippen molar-refractivity contribution in [2.24, 2.45) is 17.4 Å². The molecule has 1 aliphatic heterocycles. The van der Waals surface area contributed by atoms with Gasteiger partial charge in [0.25, 0.3) is 0 Å². The van der Waals surface area contributed by atoms with Gasteiger partial charge in [-0.15, -0.1) is 0 Å². The van der Waals surface area contributed by atoms with Crippen LogP contribution in [0.3, 0.4) is 0 Å². The molecular weight excluding hydrogens is 336 g/mol. The lowest BCUT2D eigenvalue weighted by atomic mass is 9.90. The van der Waals surface area contributed by atoms with Gasteiger partial charge in [-0.2, -0.15) is 0 Å². The summed E-state index contributed by atoms with van der Waals surface area (Å²) in [6.07, 6.45) is 1.03. The Morgan fingerprint density at radius 1 is 1.26 bits per heavy atom. The van der Waals surface area contributed by atoms with Crippen molar-refractivity contribution in [2.75, 3.05) is 32.7 Å². The van der Waals surface area contributed by atoms with Crippen molar-refractivity contribution in [1.82, 2.24) is 5.32 Å². The Morgan fingerprint density at radius 2 is 2.00 bits per heavy atom. The van der Waals surface area contributed by atoms with Gasteiger partial charge in [-0.25, -0.2) is 9.28 Å². The second-order valence-electron chi connectivity index (χ2n) is 7.92. The molecule has 2 aromatic rings. The van der Waals surface area contributed by atoms with Crippen molar-refractivity contribution in [1.29, 1.82) is 0 Å². The van der Waals surface area contributed by atoms with E-state index in [0.717, 1.165) is 42.4 Å². The number of quaternary nitrogens is 1. The molecule has 5 nitrogen and oxygen atoms in total. The van der Waals surface area contributed by atoms with Crippen molar-refractivity contribution < 1.29 is 9.28 Å². The Hall–Kier alpha value is -1.79. The zero-order valence-electron chi connectivity index (χ0n) is 16.5. The average Bonchev–Trinajstić information content (AvgIpc) is 2.72. The summed E-state index contributed by atoms with van der Waals surface area (Å²) in [7, 11) is 0. The number of rotatable bonds is 6. The van der Waals surface area contributed by atoms with E-state index in [1.807, 2.05) is 30.3 Å². The van der Waals surface area contributed by atoms with Crippen molar-refractivity contribution in [3.05, 3.63) is 48.0 Å². The number of nitrogens with zero attached hydrogens (tertiary/aromatic N) is 1. The summed E-state index contributed by atoms with van der Waals surface area (Å²) in [4.78, 5) is 14.1. The van der Waals surface area contributed by atoms with Crippen LogP contribution in [0.5, 0.6) is 0 Å². The van der Waals surface area contributed by atoms with Crippen molar-refractivity contribution in [3.8, 4) is 0 Å². The van der Waals surface area contributed by atoms with Gasteiger partial charge in [0.2, 0.25) is 0 Å². The summed E-state index contributed by atoms with van der Waals surface area (Å²) in [6.45, 7) is 7.83. The minimum absolute atomic E-state index is 0.183. The fourth-order valence-electron chi connectivity index (χ4n) is 4.54. The largest absolute Gasteiger partial charge is 0.346 e. The summed E-state index contributed by atoms with van der Waals surface area (Å²) in [5.41, 5.74) is 13.0. The van der Waals surface area contributed by atoms with Crippen LogP contribution in [0.1, 0.15) is 30.6 Å². The van der Waals surface area contributed by atoms with E-state index in [9.17, 15) is 4.79 Å². The standard InChI is InChI=1S/C22H33N4O/c1-3-16(2)21-14-25-11-12-26(21,15-18(24)13-23)22(27)20-10-6-8-17-7-4-5-9-19(17)20/h4-10,16,18,21,25H,3,11-15,23-24H2,1-2H3/q+1/t16?,18?,21-,26?/m1/s1. The van der Waals surface area contributed by atoms with Gasteiger partial charge < -0.3 is 16.8 Å². The van der Waals surface area contributed by atoms with Crippen molar-refractivity contribution in [2.45, 2.75) is 32.4 Å². The lowest BCUT2D eigenvalue weighted by Crippen LogP contribution is -2.72. The fourth-order valence-corrected chi connectivity index (χ4v) is 4.54. The van der Waals surface area contributed by atoms with Crippen LogP contribution in [-0.2, 0) is 0 Å². The molecule has 1 amide bonds. The molecule has 4 atom stereocenters. The van der Waals surface area contributed by atoms with E-state index < -0.39 is 0 Å². The third-order valence-corrected chi connectivity index (χ3v) is 6.26. The molecule has 0 saturated carbocycles. The van der Waals surface area contributed by atoms with Crippen molar-refractivity contribution >= 4 is 16.7 Å². The normalized spacial score (nSPS) is 25.3. The number of amides is 1. The number of fused-ring (bicyclic) bond motifs is 1. The topological polar surface area (TPSA) is 81.1 Å². The first-order valence-electron chi connectivity index (χ1n) is 10.1. The van der Waals surface area contributed by atoms with E-state index in [0.29, 0.717) is 23.5 Å². The number of nitrogens with two attached hydrogens (primary N) is 2. The van der Waals surface area contributed by atoms with Gasteiger partial charge in [-0.05, 0) is 23.3 Å². The highest BCUT2D eigenvalue weighted by atomic mass is 16.2. The molecule has 146 valence electrons. The number of piperazine rings is 1. The molecule has 0 aromatic heterocycles. The number of nitrogens with one attached hydrogen (secondary N) is 1. The Bertz CT molecular complexity index is 787. The van der Waals surface area contributed by atoms with Gasteiger partial charge in [0.05, 0.1) is 18.2 Å². The highest BCUT2D eigenvalue weighted by Gasteiger charge is 2.49. The molecular formula is C22H33N4O+. The molecule has 3 rings (SSSR count). The molecule has 3 unspecified atom stereocenters. The van der Waals surface area contributed by atoms with Crippen LogP contribution in [0.25, 0.3) is 10.8 Å². The predicted molar refractivity (Wildman–Crippen MR) is 111 cm³/mol. The number of carbonyl (C=O) groups excluding carboxylic acids is 1. The lowest BCUT2D eigenvalue weighted by Gasteiger charge is -2.48. The highest BCUT2D eigenvalue weighted by Crippen LogP contribution is 2.31. The zero-order chi connectivity index (χ0) is 19.4. The van der Waals surface area contributed by atoms with Crippen molar-refractivity contribution in [3.63, 3.8) is 0 Å². The van der Waals surface area contributed by atoms with Gasteiger partial charge in [-0.3, -0.25) is 0 Å². The second kappa shape index (κ2) is 8.48. The third kappa shape index (κ3) is 3.78. The molecule has 2 aromatic carbocycles. The smallest absolute Gasteiger partial charge is 0.329 e. The van der Waals surface area contributed by atoms with E-state index in [-0.39, 0.29) is 18.0 Å². The second-order valence-corrected chi connectivity index (χ2v) is 7.92. The van der Waals surface area contributed by atoms with Crippen LogP contribution in [0.2, 0.25) is 0 Å². The predicted octanol–water partition coefficient (Wildman–Crippen LogP) is 2.10. The van der Waals surface area contributed by atoms with Gasteiger partial charge in [0, 0.05) is 25.6 Å². The van der Waals surface area contributed by atoms with Crippen LogP contribution < -0.4 is 16.8 Å². The number of hydrogen-bond acceptors (Lipinski definition) is 4. The summed E-state index contributed by atoms with van der Waals surface area (Å²) < 4.78 is 0.397. The van der Waals surface area contributed by atoms with Gasteiger partial charge in [0.15, 0.2) is 0 Å². The van der Waals surface area contributed by atoms with E-state index in [4.69, 9.17) is 11.5 Å². The first-order chi connectivity index (χ1) is 13.0. The minimum atomic E-state index is -0.186. The van der Waals surface area contributed by atoms with Gasteiger partial charge >= 0.3 is 5.91 Å². The maximum absolute atomic E-state index is 14.1. The molecule has 5 heteroatoms. The molecule has 5 N–H and O–H groups in total. The molecule has 1 saturated heterocycles. The summed E-state index contributed by atoms with van der Waals surface area (Å²) in [5, 5.41) is 5.62. The molecule has 0 aliphatic carbocycles. The van der Waals surface area contributed by atoms with Crippen LogP contribution in [0.4, 0.5) is 0 Å². The Kier molecular flexibility index (Phi) is 6.27. The van der Waals surface area contributed by atoms with E-state index in [2.05, 4.69) is 31.3 Å². The number of hydrogen-bond donors (Lipinski definition) is 3. The molecule has 1 fully saturated rings. The Morgan fingerprint density at radius 3 is 2.74 bits per heavy atom. The summed E-state index contributed by atoms with van der Waals surface area (Å²) in [6, 6.07) is 14.1. The van der Waals surface area contributed by atoms with Crippen LogP contribution in [-0.4, -0.2) is 55.2 Å². The quantitative estimate of drug-likeness (QED) is 0.681. The van der Waals surface area contributed by atoms with Crippen LogP contribution >= 0.6 is 0 Å². The maximum atomic E-state index is 14.1. The molecule has 27 heavy (non-hydrogen) atoms.